The quantitative estimate of drug-likeness (QED) is 0.171. The van der Waals surface area contributed by atoms with E-state index in [1.807, 2.05) is 13.0 Å². The Bertz CT molecular complexity index is 2530. The van der Waals surface area contributed by atoms with E-state index in [0.29, 0.717) is 76.0 Å². The van der Waals surface area contributed by atoms with Crippen molar-refractivity contribution >= 4 is 39.1 Å². The highest BCUT2D eigenvalue weighted by Gasteiger charge is 2.43. The van der Waals surface area contributed by atoms with Crippen molar-refractivity contribution in [1.29, 1.82) is 0 Å². The van der Waals surface area contributed by atoms with Crippen LogP contribution >= 0.6 is 22.9 Å². The fourth-order valence-corrected chi connectivity index (χ4v) is 9.96. The number of piperazine rings is 1. The topological polar surface area (TPSA) is 151 Å². The lowest BCUT2D eigenvalue weighted by Gasteiger charge is -2.38. The van der Waals surface area contributed by atoms with Gasteiger partial charge in [-0.25, -0.2) is 29.1 Å². The summed E-state index contributed by atoms with van der Waals surface area (Å²) in [6.07, 6.45) is 4.62. The Balaban J connectivity index is 1.13. The standard InChI is InChI=1S/C46H48ClFN6O8S/c1-27-40(47)35-10-12-46(27,2)39-38-43(50-26-51-44(38)63-41(39)28-4-6-30(48)7-5-28)62-36(45(55)56)21-29-20-32(59-24-33(61-35)22-54-16-14-53(3)15-17-54)8-9-34(29)60-23-31-11-13-49-42(52-31)37-25-57-18-19-58-37/h4-13,20,26-27,33,36-37H,14-19,21-25H2,1-3H3,(H,55,56)/t27?,33?,36-,37?,46?/m1/s1. The number of hydrogen-bond acceptors (Lipinski definition) is 14. The lowest BCUT2D eigenvalue weighted by atomic mass is 9.68. The number of fused-ring (bicyclic) bond motifs is 6. The van der Waals surface area contributed by atoms with Crippen molar-refractivity contribution in [2.75, 3.05) is 66.2 Å². The van der Waals surface area contributed by atoms with Crippen LogP contribution in [0, 0.1) is 11.7 Å². The number of allylic oxidation sites excluding steroid dienone is 3. The Morgan fingerprint density at radius 3 is 2.65 bits per heavy atom. The van der Waals surface area contributed by atoms with E-state index in [9.17, 15) is 14.3 Å². The first-order chi connectivity index (χ1) is 30.5. The second kappa shape index (κ2) is 18.5. The first-order valence-electron chi connectivity index (χ1n) is 21.0. The molecule has 5 aromatic rings. The van der Waals surface area contributed by atoms with Crippen LogP contribution in [0.4, 0.5) is 4.39 Å². The van der Waals surface area contributed by atoms with Crippen LogP contribution < -0.4 is 14.2 Å². The van der Waals surface area contributed by atoms with Gasteiger partial charge in [0, 0.05) is 67.1 Å². The molecule has 17 heteroatoms. The van der Waals surface area contributed by atoms with Gasteiger partial charge >= 0.3 is 5.97 Å². The third-order valence-electron chi connectivity index (χ3n) is 12.2. The van der Waals surface area contributed by atoms with Gasteiger partial charge in [0.25, 0.3) is 0 Å². The van der Waals surface area contributed by atoms with Gasteiger partial charge in [-0.1, -0.05) is 43.7 Å². The molecule has 4 unspecified atom stereocenters. The molecule has 0 radical (unpaired) electrons. The second-order valence-corrected chi connectivity index (χ2v) is 17.8. The maximum Gasteiger partial charge on any atom is 0.345 e. The van der Waals surface area contributed by atoms with Crippen LogP contribution in [-0.2, 0) is 37.4 Å². The molecular weight excluding hydrogens is 851 g/mol. The predicted octanol–water partition coefficient (Wildman–Crippen LogP) is 6.97. The third-order valence-corrected chi connectivity index (χ3v) is 13.8. The van der Waals surface area contributed by atoms with Gasteiger partial charge < -0.3 is 38.4 Å². The number of hydrogen-bond donors (Lipinski definition) is 1. The number of nitrogens with zero attached hydrogens (tertiary/aromatic N) is 6. The zero-order valence-electron chi connectivity index (χ0n) is 35.2. The van der Waals surface area contributed by atoms with Crippen molar-refractivity contribution in [3.8, 4) is 27.8 Å². The van der Waals surface area contributed by atoms with Crippen LogP contribution in [-0.4, -0.2) is 119 Å². The van der Waals surface area contributed by atoms with Gasteiger partial charge in [-0.2, -0.15) is 0 Å². The first kappa shape index (κ1) is 43.0. The number of benzene rings is 2. The van der Waals surface area contributed by atoms with E-state index >= 15 is 0 Å². The summed E-state index contributed by atoms with van der Waals surface area (Å²) in [6, 6.07) is 13.3. The lowest BCUT2D eigenvalue weighted by Crippen LogP contribution is -2.48. The van der Waals surface area contributed by atoms with Gasteiger partial charge in [-0.15, -0.1) is 11.3 Å². The molecule has 2 saturated heterocycles. The molecule has 0 amide bonds. The molecule has 5 atom stereocenters. The minimum atomic E-state index is -1.43. The molecule has 1 aliphatic carbocycles. The second-order valence-electron chi connectivity index (χ2n) is 16.4. The van der Waals surface area contributed by atoms with Gasteiger partial charge in [0.05, 0.1) is 35.9 Å². The van der Waals surface area contributed by atoms with E-state index in [2.05, 4.69) is 49.8 Å². The number of carbonyl (C=O) groups is 1. The number of carboxylic acids is 1. The molecule has 2 fully saturated rings. The Hall–Kier alpha value is -5.23. The number of halogens is 2. The van der Waals surface area contributed by atoms with Crippen LogP contribution in [0.1, 0.15) is 42.6 Å². The smallest absolute Gasteiger partial charge is 0.345 e. The average molecular weight is 899 g/mol. The maximum absolute atomic E-state index is 14.3. The van der Waals surface area contributed by atoms with Crippen LogP contribution in [0.3, 0.4) is 0 Å². The molecule has 5 aliphatic rings. The van der Waals surface area contributed by atoms with Gasteiger partial charge in [0.1, 0.15) is 59.7 Å². The van der Waals surface area contributed by atoms with Gasteiger partial charge in [-0.3, -0.25) is 4.90 Å². The number of thiophene rings is 1. The molecule has 2 aromatic carbocycles. The number of rotatable bonds is 8. The number of ether oxygens (including phenoxy) is 6. The molecule has 3 aromatic heterocycles. The molecule has 330 valence electrons. The largest absolute Gasteiger partial charge is 0.490 e. The molecule has 7 heterocycles. The minimum absolute atomic E-state index is 0.0619. The molecule has 4 aliphatic heterocycles. The van der Waals surface area contributed by atoms with Crippen LogP contribution in [0.25, 0.3) is 20.7 Å². The highest BCUT2D eigenvalue weighted by Crippen LogP contribution is 2.53. The minimum Gasteiger partial charge on any atom is -0.490 e. The summed E-state index contributed by atoms with van der Waals surface area (Å²) >= 11 is 8.76. The average Bonchev–Trinajstić information content (AvgIpc) is 3.70. The number of carboxylic acid groups (broad SMARTS) is 1. The number of aliphatic carboxylic acids is 1. The first-order valence-corrected chi connectivity index (χ1v) is 22.2. The fraction of sp³-hybridized carbons (Fsp3) is 0.413. The van der Waals surface area contributed by atoms with Gasteiger partial charge in [0.2, 0.25) is 12.0 Å². The van der Waals surface area contributed by atoms with E-state index in [4.69, 9.17) is 40.0 Å². The molecule has 0 saturated carbocycles. The zero-order valence-corrected chi connectivity index (χ0v) is 36.7. The van der Waals surface area contributed by atoms with Crippen LogP contribution in [0.5, 0.6) is 17.4 Å². The van der Waals surface area contributed by atoms with Crippen molar-refractivity contribution < 1.29 is 42.7 Å². The molecule has 4 bridgehead atoms. The molecular formula is C46H48ClFN6O8S. The summed E-state index contributed by atoms with van der Waals surface area (Å²) < 4.78 is 51.9. The van der Waals surface area contributed by atoms with Gasteiger partial charge in [0.15, 0.2) is 5.82 Å². The Morgan fingerprint density at radius 2 is 1.87 bits per heavy atom. The van der Waals surface area contributed by atoms with Crippen molar-refractivity contribution in [2.45, 2.75) is 50.6 Å². The third kappa shape index (κ3) is 9.24. The number of aromatic nitrogens is 4. The molecule has 63 heavy (non-hydrogen) atoms. The van der Waals surface area contributed by atoms with Crippen LogP contribution in [0.2, 0.25) is 0 Å². The summed E-state index contributed by atoms with van der Waals surface area (Å²) in [7, 11) is 2.12. The zero-order chi connectivity index (χ0) is 43.7. The highest BCUT2D eigenvalue weighted by atomic mass is 35.5. The van der Waals surface area contributed by atoms with Crippen molar-refractivity contribution in [3.05, 3.63) is 112 Å². The normalized spacial score (nSPS) is 24.7. The molecule has 0 spiro atoms. The van der Waals surface area contributed by atoms with Gasteiger partial charge in [-0.05, 0) is 60.6 Å². The fourth-order valence-electron chi connectivity index (χ4n) is 8.37. The number of likely N-dealkylation sites (N-methyl/N-ethyl adjacent to an activating group) is 1. The van der Waals surface area contributed by atoms with Crippen LogP contribution in [0.15, 0.2) is 84.0 Å². The van der Waals surface area contributed by atoms with E-state index in [1.54, 1.807) is 42.6 Å². The molecule has 1 N–H and O–H groups in total. The van der Waals surface area contributed by atoms with Crippen molar-refractivity contribution in [3.63, 3.8) is 0 Å². The summed E-state index contributed by atoms with van der Waals surface area (Å²) in [5, 5.41) is 11.9. The Labute approximate surface area is 373 Å². The lowest BCUT2D eigenvalue weighted by molar-refractivity contribution is -0.145. The summed E-state index contributed by atoms with van der Waals surface area (Å²) in [5.41, 5.74) is 1.84. The highest BCUT2D eigenvalue weighted by molar-refractivity contribution is 7.22. The predicted molar refractivity (Wildman–Crippen MR) is 234 cm³/mol. The SMILES string of the molecule is CC1C(Cl)=C2C=CC1(C)c1c(-c3ccc(F)cc3)sc3ncnc(c13)O[C@@H](C(=O)O)Cc1cc(ccc1OCc1ccnc(C3COCCO3)n1)OCC(CN1CCN(C)CC1)O2. The van der Waals surface area contributed by atoms with Crippen molar-refractivity contribution in [1.82, 2.24) is 29.7 Å². The Kier molecular flexibility index (Phi) is 12.6. The monoisotopic (exact) mass is 898 g/mol. The molecule has 10 rings (SSSR count). The Morgan fingerprint density at radius 1 is 1.05 bits per heavy atom. The summed E-state index contributed by atoms with van der Waals surface area (Å²) in [5.74, 6) is 0.101. The maximum atomic E-state index is 14.3. The molecule has 14 nitrogen and oxygen atoms in total. The van der Waals surface area contributed by atoms with Crippen molar-refractivity contribution in [2.24, 2.45) is 5.92 Å². The summed E-state index contributed by atoms with van der Waals surface area (Å²) in [4.78, 5) is 37.6. The van der Waals surface area contributed by atoms with E-state index in [0.717, 1.165) is 42.2 Å². The van der Waals surface area contributed by atoms with E-state index < -0.39 is 23.6 Å². The van der Waals surface area contributed by atoms with E-state index in [-0.39, 0.29) is 43.4 Å². The summed E-state index contributed by atoms with van der Waals surface area (Å²) in [6.45, 7) is 9.85. The van der Waals surface area contributed by atoms with E-state index in [1.165, 1.54) is 29.8 Å².